The lowest BCUT2D eigenvalue weighted by Crippen LogP contribution is -2.33. The third kappa shape index (κ3) is 3.39. The number of rotatable bonds is 4. The van der Waals surface area contributed by atoms with E-state index in [-0.39, 0.29) is 12.0 Å². The number of anilines is 1. The normalized spacial score (nSPS) is 13.5. The molecule has 7 nitrogen and oxygen atoms in total. The Kier molecular flexibility index (Phi) is 4.44. The van der Waals surface area contributed by atoms with Crippen LogP contribution in [0.2, 0.25) is 0 Å². The van der Waals surface area contributed by atoms with Crippen molar-refractivity contribution in [3.05, 3.63) is 30.4 Å². The fraction of sp³-hybridized carbons (Fsp3) is 0.368. The molecule has 2 N–H and O–H groups in total. The standard InChI is InChI=1S/C19H20F3N7/c1-9(2)29-11(4)26-15-6-5-14(27-17(15)29)12-7-23-16-13(12)8-24-18(28-16)25-10(3)19(20,21)22/h5-10H,1-4H3,(H2,23,24,25,28)/t10-/m0/s1. The molecule has 0 saturated carbocycles. The molecule has 0 aliphatic rings. The van der Waals surface area contributed by atoms with Crippen molar-refractivity contribution in [2.24, 2.45) is 0 Å². The molecule has 1 atom stereocenters. The van der Waals surface area contributed by atoms with Gasteiger partial charge in [0.1, 0.15) is 23.0 Å². The van der Waals surface area contributed by atoms with E-state index in [1.54, 1.807) is 6.20 Å². The smallest absolute Gasteiger partial charge is 0.345 e. The molecule has 0 radical (unpaired) electrons. The third-order valence-corrected chi connectivity index (χ3v) is 4.77. The van der Waals surface area contributed by atoms with Crippen molar-refractivity contribution < 1.29 is 13.2 Å². The first-order valence-electron chi connectivity index (χ1n) is 9.18. The number of nitrogens with zero attached hydrogens (tertiary/aromatic N) is 5. The summed E-state index contributed by atoms with van der Waals surface area (Å²) >= 11 is 0. The quantitative estimate of drug-likeness (QED) is 0.519. The zero-order valence-electron chi connectivity index (χ0n) is 16.3. The second-order valence-electron chi connectivity index (χ2n) is 7.23. The Morgan fingerprint density at radius 2 is 1.86 bits per heavy atom. The third-order valence-electron chi connectivity index (χ3n) is 4.77. The highest BCUT2D eigenvalue weighted by atomic mass is 19.4. The molecule has 0 amide bonds. The number of H-pyrrole nitrogens is 1. The summed E-state index contributed by atoms with van der Waals surface area (Å²) in [6.45, 7) is 7.10. The Labute approximate surface area is 164 Å². The number of pyridine rings is 1. The first-order chi connectivity index (χ1) is 13.6. The van der Waals surface area contributed by atoms with E-state index in [2.05, 4.69) is 43.7 Å². The maximum Gasteiger partial charge on any atom is 0.408 e. The number of nitrogens with one attached hydrogen (secondary N) is 2. The Bertz CT molecular complexity index is 1190. The SMILES string of the molecule is Cc1nc2ccc(-c3c[nH]c4nc(N[C@@H](C)C(F)(F)F)ncc34)nc2n1C(C)C. The summed E-state index contributed by atoms with van der Waals surface area (Å²) in [6.07, 6.45) is -1.15. The average Bonchev–Trinajstić information content (AvgIpc) is 3.19. The van der Waals surface area contributed by atoms with Crippen LogP contribution in [0.4, 0.5) is 19.1 Å². The van der Waals surface area contributed by atoms with E-state index >= 15 is 0 Å². The summed E-state index contributed by atoms with van der Waals surface area (Å²) in [4.78, 5) is 20.5. The lowest BCUT2D eigenvalue weighted by molar-refractivity contribution is -0.138. The number of imidazole rings is 1. The molecule has 0 bridgehead atoms. The van der Waals surface area contributed by atoms with Crippen LogP contribution in [0.15, 0.2) is 24.5 Å². The minimum Gasteiger partial charge on any atom is -0.345 e. The van der Waals surface area contributed by atoms with Gasteiger partial charge in [-0.15, -0.1) is 0 Å². The number of fused-ring (bicyclic) bond motifs is 2. The summed E-state index contributed by atoms with van der Waals surface area (Å²) in [5.74, 6) is 0.795. The highest BCUT2D eigenvalue weighted by Crippen LogP contribution is 2.29. The van der Waals surface area contributed by atoms with Gasteiger partial charge in [0, 0.05) is 29.4 Å². The molecule has 0 aliphatic carbocycles. The number of hydrogen-bond acceptors (Lipinski definition) is 5. The number of aromatic nitrogens is 6. The average molecular weight is 403 g/mol. The molecule has 0 saturated heterocycles. The van der Waals surface area contributed by atoms with Gasteiger partial charge in [0.05, 0.1) is 5.69 Å². The zero-order valence-corrected chi connectivity index (χ0v) is 16.3. The van der Waals surface area contributed by atoms with E-state index in [0.29, 0.717) is 16.7 Å². The van der Waals surface area contributed by atoms with Gasteiger partial charge in [-0.05, 0) is 39.8 Å². The van der Waals surface area contributed by atoms with Gasteiger partial charge in [-0.3, -0.25) is 0 Å². The zero-order chi connectivity index (χ0) is 20.9. The number of hydrogen-bond donors (Lipinski definition) is 2. The van der Waals surface area contributed by atoms with Gasteiger partial charge in [0.15, 0.2) is 5.65 Å². The maximum absolute atomic E-state index is 12.8. The van der Waals surface area contributed by atoms with E-state index in [9.17, 15) is 13.2 Å². The molecule has 152 valence electrons. The van der Waals surface area contributed by atoms with Crippen molar-refractivity contribution in [3.63, 3.8) is 0 Å². The van der Waals surface area contributed by atoms with E-state index in [0.717, 1.165) is 29.5 Å². The van der Waals surface area contributed by atoms with Gasteiger partial charge in [0.25, 0.3) is 0 Å². The van der Waals surface area contributed by atoms with Crippen LogP contribution in [0, 0.1) is 6.92 Å². The summed E-state index contributed by atoms with van der Waals surface area (Å²) < 4.78 is 40.3. The number of alkyl halides is 3. The van der Waals surface area contributed by atoms with Crippen molar-refractivity contribution in [1.29, 1.82) is 0 Å². The molecule has 4 aromatic heterocycles. The van der Waals surface area contributed by atoms with Crippen LogP contribution in [0.25, 0.3) is 33.5 Å². The first-order valence-corrected chi connectivity index (χ1v) is 9.18. The van der Waals surface area contributed by atoms with Crippen LogP contribution in [0.5, 0.6) is 0 Å². The summed E-state index contributed by atoms with van der Waals surface area (Å²) in [6, 6.07) is 2.22. The highest BCUT2D eigenvalue weighted by molar-refractivity contribution is 5.93. The van der Waals surface area contributed by atoms with Crippen LogP contribution < -0.4 is 5.32 Å². The minimum atomic E-state index is -4.38. The first kappa shape index (κ1) is 19.2. The van der Waals surface area contributed by atoms with Crippen molar-refractivity contribution in [1.82, 2.24) is 29.5 Å². The van der Waals surface area contributed by atoms with Crippen LogP contribution in [0.3, 0.4) is 0 Å². The Morgan fingerprint density at radius 3 is 2.55 bits per heavy atom. The predicted molar refractivity (Wildman–Crippen MR) is 105 cm³/mol. The van der Waals surface area contributed by atoms with E-state index in [4.69, 9.17) is 4.98 Å². The van der Waals surface area contributed by atoms with Gasteiger partial charge in [-0.2, -0.15) is 18.2 Å². The Balaban J connectivity index is 1.74. The molecular formula is C19H20F3N7. The van der Waals surface area contributed by atoms with Crippen LogP contribution in [-0.4, -0.2) is 41.7 Å². The number of halogens is 3. The fourth-order valence-corrected chi connectivity index (χ4v) is 3.32. The molecule has 4 rings (SSSR count). The Hall–Kier alpha value is -3.17. The van der Waals surface area contributed by atoms with Crippen LogP contribution in [0.1, 0.15) is 32.6 Å². The lowest BCUT2D eigenvalue weighted by Gasteiger charge is -2.16. The fourth-order valence-electron chi connectivity index (χ4n) is 3.32. The van der Waals surface area contributed by atoms with Crippen molar-refractivity contribution in [2.45, 2.75) is 46.0 Å². The van der Waals surface area contributed by atoms with Crippen molar-refractivity contribution in [2.75, 3.05) is 5.32 Å². The van der Waals surface area contributed by atoms with Gasteiger partial charge < -0.3 is 14.9 Å². The molecule has 4 heterocycles. The van der Waals surface area contributed by atoms with Gasteiger partial charge in [-0.1, -0.05) is 0 Å². The molecule has 0 aliphatic heterocycles. The molecule has 4 aromatic rings. The molecule has 0 spiro atoms. The van der Waals surface area contributed by atoms with Crippen molar-refractivity contribution in [3.8, 4) is 11.3 Å². The Morgan fingerprint density at radius 1 is 1.10 bits per heavy atom. The van der Waals surface area contributed by atoms with Gasteiger partial charge in [-0.25, -0.2) is 15.0 Å². The van der Waals surface area contributed by atoms with Crippen LogP contribution in [-0.2, 0) is 0 Å². The largest absolute Gasteiger partial charge is 0.408 e. The van der Waals surface area contributed by atoms with E-state index in [1.165, 1.54) is 6.20 Å². The summed E-state index contributed by atoms with van der Waals surface area (Å²) in [5.41, 5.74) is 3.50. The number of aryl methyl sites for hydroxylation is 1. The maximum atomic E-state index is 12.8. The summed E-state index contributed by atoms with van der Waals surface area (Å²) in [7, 11) is 0. The lowest BCUT2D eigenvalue weighted by atomic mass is 10.1. The number of aromatic amines is 1. The molecule has 10 heteroatoms. The molecule has 0 aromatic carbocycles. The topological polar surface area (TPSA) is 84.3 Å². The van der Waals surface area contributed by atoms with E-state index in [1.807, 2.05) is 19.1 Å². The van der Waals surface area contributed by atoms with E-state index < -0.39 is 12.2 Å². The van der Waals surface area contributed by atoms with Gasteiger partial charge in [0.2, 0.25) is 5.95 Å². The van der Waals surface area contributed by atoms with Gasteiger partial charge >= 0.3 is 6.18 Å². The van der Waals surface area contributed by atoms with Crippen LogP contribution >= 0.6 is 0 Å². The second kappa shape index (κ2) is 6.71. The molecule has 29 heavy (non-hydrogen) atoms. The highest BCUT2D eigenvalue weighted by Gasteiger charge is 2.36. The minimum absolute atomic E-state index is 0.0901. The molecule has 0 unspecified atom stereocenters. The molecular weight excluding hydrogens is 383 g/mol. The monoisotopic (exact) mass is 403 g/mol. The predicted octanol–water partition coefficient (Wildman–Crippen LogP) is 4.62. The van der Waals surface area contributed by atoms with Crippen molar-refractivity contribution >= 4 is 28.1 Å². The second-order valence-corrected chi connectivity index (χ2v) is 7.23. The summed E-state index contributed by atoms with van der Waals surface area (Å²) in [5, 5.41) is 2.95. The molecule has 0 fully saturated rings.